The lowest BCUT2D eigenvalue weighted by Gasteiger charge is -2.04. The number of rotatable bonds is 24. The number of nitrogens with one attached hydrogen (secondary N) is 2. The molecule has 0 unspecified atom stereocenters. The zero-order chi connectivity index (χ0) is 59.1. The predicted octanol–water partition coefficient (Wildman–Crippen LogP) is 10.4. The summed E-state index contributed by atoms with van der Waals surface area (Å²) in [6.45, 7) is 45.8. The fraction of sp³-hybridized carbons (Fsp3) is 0.630. The molecule has 418 valence electrons. The van der Waals surface area contributed by atoms with Gasteiger partial charge < -0.3 is 0 Å². The summed E-state index contributed by atoms with van der Waals surface area (Å²) in [5.41, 5.74) is 0. The van der Waals surface area contributed by atoms with Gasteiger partial charge in [-0.1, -0.05) is 115 Å². The number of Topliss-reactive ketones (excluding diaryl/α,β-unsaturated/α-hetero) is 2. The number of hydrogen-bond donors (Lipinski definition) is 2. The number of terminal acetylenes is 3. The minimum absolute atomic E-state index is 0.0406. The van der Waals surface area contributed by atoms with Gasteiger partial charge in [0.15, 0.2) is 21.4 Å². The minimum atomic E-state index is -3.20. The standard InChI is InChI=1S/C8H14O.C8H12O.C7H14O2S.C7H12O.C7H10O.C6H13NO2S.C6H10O2S.C5H11NO2S/c2*1-4-8(9)6-5-7(2)3;1-4-10(8,9)6-5-7(2)3;2*1-4-7(8)5-6(2)3;1-4-5-10(8,9)7-6(2)3;1-4-9(7,8)5-6(2)3;1-4-9(7,8)6-5(2)3/h4,7H,1,5-6H2,2-3H3;1,7H,5-6H2,2-3H3;4,7H,1,5-6H2,2-3H3;4,6H,1,5H2,2-3H3;1,6H,5H2,2-3H3;4-7H,1-3H3;1,6H,5H2,2-3H3;4-6H,1H2,2-3H3/b;;;;;5-4+;;. The molecule has 0 heterocycles. The number of sulfonamides is 2. The quantitative estimate of drug-likeness (QED) is 0.0398. The van der Waals surface area contributed by atoms with Crippen molar-refractivity contribution in [2.75, 3.05) is 11.5 Å². The smallest absolute Gasteiger partial charge is 0.233 e. The molecule has 0 saturated heterocycles. The summed E-state index contributed by atoms with van der Waals surface area (Å²) >= 11 is 0. The van der Waals surface area contributed by atoms with E-state index in [4.69, 9.17) is 19.3 Å². The lowest BCUT2D eigenvalue weighted by Crippen LogP contribution is -2.28. The molecule has 0 rings (SSSR count). The molecule has 0 aliphatic rings. The summed E-state index contributed by atoms with van der Waals surface area (Å²) in [5, 5.41) is 4.81. The van der Waals surface area contributed by atoms with Gasteiger partial charge in [-0.15, -0.1) is 19.3 Å². The van der Waals surface area contributed by atoms with Crippen LogP contribution in [0, 0.1) is 71.9 Å². The molecule has 0 spiro atoms. The summed E-state index contributed by atoms with van der Waals surface area (Å²) in [7, 11) is -12.5. The van der Waals surface area contributed by atoms with Crippen molar-refractivity contribution in [2.45, 2.75) is 175 Å². The van der Waals surface area contributed by atoms with Gasteiger partial charge in [-0.25, -0.2) is 43.1 Å². The molecule has 14 nitrogen and oxygen atoms in total. The average molecular weight is 1090 g/mol. The van der Waals surface area contributed by atoms with Crippen molar-refractivity contribution < 1.29 is 52.8 Å². The molecular weight excluding hydrogens is 997 g/mol. The summed E-state index contributed by atoms with van der Waals surface area (Å²) in [5.74, 6) is 7.17. The van der Waals surface area contributed by atoms with Crippen molar-refractivity contribution >= 4 is 62.9 Å². The van der Waals surface area contributed by atoms with E-state index in [1.807, 2.05) is 55.4 Å². The molecular formula is C54H96N2O12S4. The summed E-state index contributed by atoms with van der Waals surface area (Å²) in [6.07, 6.45) is 23.6. The van der Waals surface area contributed by atoms with E-state index >= 15 is 0 Å². The monoisotopic (exact) mass is 1090 g/mol. The zero-order valence-electron chi connectivity index (χ0n) is 47.0. The number of allylic oxidation sites excluding steroid dienone is 3. The predicted molar refractivity (Wildman–Crippen MR) is 305 cm³/mol. The maximum atomic E-state index is 10.8. The first-order chi connectivity index (χ1) is 32.6. The van der Waals surface area contributed by atoms with E-state index in [0.717, 1.165) is 29.1 Å². The maximum Gasteiger partial charge on any atom is 0.233 e. The second-order valence-electron chi connectivity index (χ2n) is 18.8. The van der Waals surface area contributed by atoms with Crippen LogP contribution in [0.15, 0.2) is 60.8 Å². The van der Waals surface area contributed by atoms with Crippen LogP contribution >= 0.6 is 0 Å². The Morgan fingerprint density at radius 2 is 0.889 bits per heavy atom. The first-order valence-corrected chi connectivity index (χ1v) is 30.2. The number of ketones is 4. The lowest BCUT2D eigenvalue weighted by atomic mass is 10.1. The van der Waals surface area contributed by atoms with Crippen molar-refractivity contribution in [3.05, 3.63) is 60.8 Å². The molecule has 0 aromatic carbocycles. The Morgan fingerprint density at radius 1 is 0.500 bits per heavy atom. The van der Waals surface area contributed by atoms with Gasteiger partial charge in [0.25, 0.3) is 0 Å². The van der Waals surface area contributed by atoms with Gasteiger partial charge in [0, 0.05) is 59.2 Å². The first-order valence-electron chi connectivity index (χ1n) is 23.7. The highest BCUT2D eigenvalue weighted by Crippen LogP contribution is 2.05. The summed E-state index contributed by atoms with van der Waals surface area (Å²) in [4.78, 5) is 42.0. The Labute approximate surface area is 441 Å². The van der Waals surface area contributed by atoms with Crippen LogP contribution < -0.4 is 9.44 Å². The van der Waals surface area contributed by atoms with E-state index in [0.29, 0.717) is 61.7 Å². The third-order valence-electron chi connectivity index (χ3n) is 7.20. The molecule has 0 aromatic rings. The third kappa shape index (κ3) is 88.7. The first kappa shape index (κ1) is 84.6. The Hall–Kier alpha value is -4.22. The summed E-state index contributed by atoms with van der Waals surface area (Å²) in [6, 6.07) is -0.103. The van der Waals surface area contributed by atoms with Crippen LogP contribution in [0.3, 0.4) is 0 Å². The molecule has 0 aliphatic carbocycles. The molecule has 0 amide bonds. The van der Waals surface area contributed by atoms with Gasteiger partial charge >= 0.3 is 0 Å². The van der Waals surface area contributed by atoms with Crippen LogP contribution in [0.25, 0.3) is 0 Å². The molecule has 2 N–H and O–H groups in total. The van der Waals surface area contributed by atoms with Crippen molar-refractivity contribution in [3.63, 3.8) is 0 Å². The van der Waals surface area contributed by atoms with Crippen LogP contribution in [-0.4, -0.2) is 80.4 Å². The van der Waals surface area contributed by atoms with Crippen LogP contribution in [0.2, 0.25) is 0 Å². The average Bonchev–Trinajstić information content (AvgIpc) is 3.23. The van der Waals surface area contributed by atoms with E-state index in [9.17, 15) is 52.8 Å². The van der Waals surface area contributed by atoms with E-state index in [1.54, 1.807) is 39.9 Å². The van der Waals surface area contributed by atoms with Crippen LogP contribution in [0.1, 0.15) is 163 Å². The number of carbonyl (C=O) groups is 4. The number of carbonyl (C=O) groups excluding carboxylic acids is 4. The number of sulfone groups is 2. The fourth-order valence-electron chi connectivity index (χ4n) is 3.83. The van der Waals surface area contributed by atoms with Crippen LogP contribution in [0.4, 0.5) is 0 Å². The largest absolute Gasteiger partial charge is 0.295 e. The third-order valence-corrected chi connectivity index (χ3v) is 12.6. The van der Waals surface area contributed by atoms with E-state index in [-0.39, 0.29) is 52.6 Å². The Bertz CT molecular complexity index is 2140. The van der Waals surface area contributed by atoms with E-state index in [1.165, 1.54) is 18.2 Å². The molecule has 0 saturated carbocycles. The highest BCUT2D eigenvalue weighted by atomic mass is 32.2. The van der Waals surface area contributed by atoms with Gasteiger partial charge in [-0.05, 0) is 113 Å². The molecule has 0 aromatic heterocycles. The molecule has 0 aliphatic heterocycles. The fourth-order valence-corrected chi connectivity index (χ4v) is 7.62. The molecule has 72 heavy (non-hydrogen) atoms. The second-order valence-corrected chi connectivity index (χ2v) is 25.9. The van der Waals surface area contributed by atoms with Gasteiger partial charge in [-0.3, -0.25) is 19.2 Å². The molecule has 0 bridgehead atoms. The van der Waals surface area contributed by atoms with E-state index < -0.39 is 39.7 Å². The van der Waals surface area contributed by atoms with Gasteiger partial charge in [0.2, 0.25) is 41.5 Å². The normalized spacial score (nSPS) is 10.8. The Balaban J connectivity index is -0.000000108. The van der Waals surface area contributed by atoms with Gasteiger partial charge in [0.05, 0.1) is 11.5 Å². The van der Waals surface area contributed by atoms with Crippen LogP contribution in [0.5, 0.6) is 0 Å². The zero-order valence-corrected chi connectivity index (χ0v) is 50.3. The minimum Gasteiger partial charge on any atom is -0.295 e. The van der Waals surface area contributed by atoms with Crippen molar-refractivity contribution in [3.8, 4) is 36.4 Å². The van der Waals surface area contributed by atoms with Crippen molar-refractivity contribution in [1.29, 1.82) is 0 Å². The Morgan fingerprint density at radius 3 is 1.11 bits per heavy atom. The van der Waals surface area contributed by atoms with Gasteiger partial charge in [0.1, 0.15) is 0 Å². The topological polar surface area (TPSA) is 229 Å². The molecule has 0 fully saturated rings. The lowest BCUT2D eigenvalue weighted by molar-refractivity contribution is -0.115. The van der Waals surface area contributed by atoms with Crippen LogP contribution in [-0.2, 0) is 58.9 Å². The Kier molecular flexibility index (Phi) is 59.1. The molecule has 18 heteroatoms. The second kappa shape index (κ2) is 50.3. The SMILES string of the molecule is C#CC(=O)CC(C)C.C#CC(=O)CCC(C)C.C#CS(=O)(=O)CC(C)C.C/C=C/S(=O)(=O)NC(C)C.C=CC(=O)CC(C)C.C=CC(=O)CCC(C)C.C=CS(=O)(=O)CCC(C)C.C=CS(=O)(=O)NC(C)C. The van der Waals surface area contributed by atoms with Gasteiger partial charge in [-0.2, -0.15) is 0 Å². The highest BCUT2D eigenvalue weighted by Gasteiger charge is 2.08. The maximum absolute atomic E-state index is 10.8. The molecule has 0 atom stereocenters. The van der Waals surface area contributed by atoms with Crippen molar-refractivity contribution in [2.24, 2.45) is 35.5 Å². The highest BCUT2D eigenvalue weighted by molar-refractivity contribution is 7.96. The number of hydrogen-bond acceptors (Lipinski definition) is 12. The van der Waals surface area contributed by atoms with Crippen molar-refractivity contribution in [1.82, 2.24) is 9.44 Å². The van der Waals surface area contributed by atoms with E-state index in [2.05, 4.69) is 75.3 Å². The summed E-state index contributed by atoms with van der Waals surface area (Å²) < 4.78 is 90.3. The molecule has 0 radical (unpaired) electrons.